The van der Waals surface area contributed by atoms with Crippen LogP contribution in [0.5, 0.6) is 11.5 Å². The van der Waals surface area contributed by atoms with Gasteiger partial charge in [-0.15, -0.1) is 0 Å². The van der Waals surface area contributed by atoms with Crippen molar-refractivity contribution >= 4 is 0 Å². The predicted octanol–water partition coefficient (Wildman–Crippen LogP) is 4.33. The number of rotatable bonds is 13. The van der Waals surface area contributed by atoms with Crippen LogP contribution in [0.25, 0.3) is 0 Å². The van der Waals surface area contributed by atoms with Crippen LogP contribution < -0.4 is 9.47 Å². The molecule has 0 amide bonds. The molecule has 0 radical (unpaired) electrons. The van der Waals surface area contributed by atoms with Crippen molar-refractivity contribution < 1.29 is 14.6 Å². The summed E-state index contributed by atoms with van der Waals surface area (Å²) in [4.78, 5) is 2.30. The maximum atomic E-state index is 10.5. The van der Waals surface area contributed by atoms with Crippen molar-refractivity contribution in [3.8, 4) is 11.5 Å². The third-order valence-electron chi connectivity index (χ3n) is 4.57. The fourth-order valence-corrected chi connectivity index (χ4v) is 3.04. The van der Waals surface area contributed by atoms with Gasteiger partial charge in [0.1, 0.15) is 19.3 Å². The summed E-state index contributed by atoms with van der Waals surface area (Å²) in [7, 11) is 0. The molecule has 2 rings (SSSR count). The fourth-order valence-electron chi connectivity index (χ4n) is 3.04. The van der Waals surface area contributed by atoms with E-state index in [0.717, 1.165) is 19.4 Å². The molecule has 1 unspecified atom stereocenters. The molecule has 0 aliphatic rings. The first-order valence-corrected chi connectivity index (χ1v) is 10.0. The van der Waals surface area contributed by atoms with Crippen molar-refractivity contribution in [1.29, 1.82) is 0 Å². The average molecular weight is 384 g/mol. The minimum absolute atomic E-state index is 0.233. The van der Waals surface area contributed by atoms with Gasteiger partial charge in [0.15, 0.2) is 11.5 Å². The Balaban J connectivity index is 1.80. The number of aryl methyl sites for hydroxylation is 1. The van der Waals surface area contributed by atoms with Gasteiger partial charge in [-0.25, -0.2) is 0 Å². The third kappa shape index (κ3) is 7.75. The van der Waals surface area contributed by atoms with Gasteiger partial charge in [0, 0.05) is 12.6 Å². The number of benzene rings is 2. The zero-order valence-corrected chi connectivity index (χ0v) is 17.1. The molecule has 0 bridgehead atoms. The van der Waals surface area contributed by atoms with Crippen molar-refractivity contribution in [2.75, 3.05) is 26.3 Å². The summed E-state index contributed by atoms with van der Waals surface area (Å²) in [5.41, 5.74) is 1.35. The number of hydrogen-bond acceptors (Lipinski definition) is 4. The first-order chi connectivity index (χ1) is 13.6. The third-order valence-corrected chi connectivity index (χ3v) is 4.57. The molecule has 2 aromatic rings. The van der Waals surface area contributed by atoms with Crippen LogP contribution in [0.2, 0.25) is 0 Å². The zero-order chi connectivity index (χ0) is 20.2. The normalized spacial score (nSPS) is 12.2. The SMILES string of the molecule is C=CCOc1ccccc1OCC(O)CN(CCCc1ccccc1)C(C)C. The summed E-state index contributed by atoms with van der Waals surface area (Å²) in [6.07, 6.45) is 3.24. The monoisotopic (exact) mass is 383 g/mol. The summed E-state index contributed by atoms with van der Waals surface area (Å²) in [5, 5.41) is 10.5. The molecule has 1 atom stereocenters. The lowest BCUT2D eigenvalue weighted by atomic mass is 10.1. The number of ether oxygens (including phenoxy) is 2. The molecule has 0 aliphatic heterocycles. The molecule has 1 N–H and O–H groups in total. The van der Waals surface area contributed by atoms with Crippen LogP contribution in [0.3, 0.4) is 0 Å². The predicted molar refractivity (Wildman–Crippen MR) is 115 cm³/mol. The number of aliphatic hydroxyl groups is 1. The first kappa shape index (κ1) is 22.0. The van der Waals surface area contributed by atoms with Crippen LogP contribution >= 0.6 is 0 Å². The maximum Gasteiger partial charge on any atom is 0.161 e. The number of nitrogens with zero attached hydrogens (tertiary/aromatic N) is 1. The first-order valence-electron chi connectivity index (χ1n) is 10.0. The van der Waals surface area contributed by atoms with Crippen LogP contribution in [-0.4, -0.2) is 48.5 Å². The van der Waals surface area contributed by atoms with Gasteiger partial charge < -0.3 is 14.6 Å². The Bertz CT molecular complexity index is 687. The molecule has 0 aliphatic carbocycles. The van der Waals surface area contributed by atoms with E-state index in [1.54, 1.807) is 6.08 Å². The molecular formula is C24H33NO3. The van der Waals surface area contributed by atoms with Crippen molar-refractivity contribution in [1.82, 2.24) is 4.90 Å². The zero-order valence-electron chi connectivity index (χ0n) is 17.1. The largest absolute Gasteiger partial charge is 0.487 e. The highest BCUT2D eigenvalue weighted by Gasteiger charge is 2.16. The Labute approximate surface area is 169 Å². The Hall–Kier alpha value is -2.30. The van der Waals surface area contributed by atoms with Crippen LogP contribution in [0.15, 0.2) is 67.3 Å². The van der Waals surface area contributed by atoms with Crippen molar-refractivity contribution in [2.24, 2.45) is 0 Å². The van der Waals surface area contributed by atoms with Gasteiger partial charge in [0.25, 0.3) is 0 Å². The van der Waals surface area contributed by atoms with Gasteiger partial charge >= 0.3 is 0 Å². The minimum Gasteiger partial charge on any atom is -0.487 e. The van der Waals surface area contributed by atoms with Gasteiger partial charge in [0.05, 0.1) is 0 Å². The van der Waals surface area contributed by atoms with E-state index in [2.05, 4.69) is 49.6 Å². The van der Waals surface area contributed by atoms with Crippen molar-refractivity contribution in [2.45, 2.75) is 38.8 Å². The van der Waals surface area contributed by atoms with Crippen LogP contribution in [0.4, 0.5) is 0 Å². The molecule has 28 heavy (non-hydrogen) atoms. The number of para-hydroxylation sites is 2. The van der Waals surface area contributed by atoms with E-state index in [-0.39, 0.29) is 6.61 Å². The Kier molecular flexibility index (Phi) is 9.60. The van der Waals surface area contributed by atoms with Crippen LogP contribution in [0.1, 0.15) is 25.8 Å². The lowest BCUT2D eigenvalue weighted by Crippen LogP contribution is -2.40. The fraction of sp³-hybridized carbons (Fsp3) is 0.417. The Morgan fingerprint density at radius 1 is 1.00 bits per heavy atom. The lowest BCUT2D eigenvalue weighted by Gasteiger charge is -2.28. The average Bonchev–Trinajstić information content (AvgIpc) is 2.71. The highest BCUT2D eigenvalue weighted by Crippen LogP contribution is 2.26. The van der Waals surface area contributed by atoms with Gasteiger partial charge in [-0.2, -0.15) is 0 Å². The van der Waals surface area contributed by atoms with E-state index >= 15 is 0 Å². The van der Waals surface area contributed by atoms with Gasteiger partial charge in [-0.1, -0.05) is 55.1 Å². The standard InChI is InChI=1S/C24H33NO3/c1-4-17-27-23-14-8-9-15-24(23)28-19-22(26)18-25(20(2)3)16-10-13-21-11-6-5-7-12-21/h4-9,11-12,14-15,20,22,26H,1,10,13,16-19H2,2-3H3. The lowest BCUT2D eigenvalue weighted by molar-refractivity contribution is 0.0561. The molecule has 0 fully saturated rings. The summed E-state index contributed by atoms with van der Waals surface area (Å²) < 4.78 is 11.4. The Morgan fingerprint density at radius 2 is 1.64 bits per heavy atom. The molecule has 0 aromatic heterocycles. The molecule has 0 saturated heterocycles. The summed E-state index contributed by atoms with van der Waals surface area (Å²) in [6, 6.07) is 18.4. The van der Waals surface area contributed by atoms with E-state index in [9.17, 15) is 5.11 Å². The summed E-state index contributed by atoms with van der Waals surface area (Å²) >= 11 is 0. The van der Waals surface area contributed by atoms with Gasteiger partial charge in [-0.05, 0) is 50.9 Å². The van der Waals surface area contributed by atoms with Crippen molar-refractivity contribution in [3.05, 3.63) is 72.8 Å². The number of aliphatic hydroxyl groups excluding tert-OH is 1. The highest BCUT2D eigenvalue weighted by atomic mass is 16.5. The van der Waals surface area contributed by atoms with E-state index in [4.69, 9.17) is 9.47 Å². The minimum atomic E-state index is -0.563. The summed E-state index contributed by atoms with van der Waals surface area (Å²) in [6.45, 7) is 10.2. The van der Waals surface area contributed by atoms with E-state index in [1.807, 2.05) is 30.3 Å². The molecule has 4 nitrogen and oxygen atoms in total. The van der Waals surface area contributed by atoms with Crippen molar-refractivity contribution in [3.63, 3.8) is 0 Å². The van der Waals surface area contributed by atoms with E-state index in [0.29, 0.717) is 30.7 Å². The molecule has 0 heterocycles. The molecular weight excluding hydrogens is 350 g/mol. The molecule has 2 aromatic carbocycles. The quantitative estimate of drug-likeness (QED) is 0.523. The van der Waals surface area contributed by atoms with E-state index in [1.165, 1.54) is 5.56 Å². The molecule has 0 spiro atoms. The molecule has 0 saturated carbocycles. The second-order valence-electron chi connectivity index (χ2n) is 7.19. The van der Waals surface area contributed by atoms with E-state index < -0.39 is 6.10 Å². The highest BCUT2D eigenvalue weighted by molar-refractivity contribution is 5.39. The van der Waals surface area contributed by atoms with Gasteiger partial charge in [-0.3, -0.25) is 4.90 Å². The Morgan fingerprint density at radius 3 is 2.29 bits per heavy atom. The van der Waals surface area contributed by atoms with Crippen LogP contribution in [0, 0.1) is 0 Å². The topological polar surface area (TPSA) is 41.9 Å². The molecule has 4 heteroatoms. The summed E-state index contributed by atoms with van der Waals surface area (Å²) in [5.74, 6) is 1.31. The number of hydrogen-bond donors (Lipinski definition) is 1. The second kappa shape index (κ2) is 12.2. The maximum absolute atomic E-state index is 10.5. The molecule has 152 valence electrons. The van der Waals surface area contributed by atoms with Gasteiger partial charge in [0.2, 0.25) is 0 Å². The smallest absolute Gasteiger partial charge is 0.161 e. The second-order valence-corrected chi connectivity index (χ2v) is 7.19. The van der Waals surface area contributed by atoms with Crippen LogP contribution in [-0.2, 0) is 6.42 Å².